The highest BCUT2D eigenvalue weighted by atomic mass is 32.2. The number of rotatable bonds is 5. The molecule has 0 spiro atoms. The molecular formula is C15H25NO2S. The Kier molecular flexibility index (Phi) is 5.16. The van der Waals surface area contributed by atoms with Gasteiger partial charge in [0.25, 0.3) is 0 Å². The first kappa shape index (κ1) is 16.2. The minimum Gasteiger partial charge on any atom is -0.328 e. The first-order valence-electron chi connectivity index (χ1n) is 6.65. The first-order valence-corrected chi connectivity index (χ1v) is 8.48. The molecule has 1 unspecified atom stereocenters. The summed E-state index contributed by atoms with van der Waals surface area (Å²) in [4.78, 5) is 0. The van der Waals surface area contributed by atoms with E-state index in [0.717, 1.165) is 5.56 Å². The summed E-state index contributed by atoms with van der Waals surface area (Å²) in [6.45, 7) is 8.25. The predicted octanol–water partition coefficient (Wildman–Crippen LogP) is 2.64. The first-order chi connectivity index (χ1) is 8.60. The van der Waals surface area contributed by atoms with Gasteiger partial charge in [-0.2, -0.15) is 0 Å². The van der Waals surface area contributed by atoms with E-state index in [4.69, 9.17) is 5.73 Å². The minimum absolute atomic E-state index is 0.0713. The van der Waals surface area contributed by atoms with Crippen LogP contribution in [-0.2, 0) is 21.0 Å². The van der Waals surface area contributed by atoms with Crippen LogP contribution in [0.15, 0.2) is 24.3 Å². The van der Waals surface area contributed by atoms with E-state index in [-0.39, 0.29) is 23.0 Å². The molecule has 108 valence electrons. The molecule has 0 heterocycles. The van der Waals surface area contributed by atoms with E-state index < -0.39 is 9.84 Å². The van der Waals surface area contributed by atoms with Crippen molar-refractivity contribution in [3.05, 3.63) is 35.4 Å². The van der Waals surface area contributed by atoms with Gasteiger partial charge >= 0.3 is 0 Å². The van der Waals surface area contributed by atoms with Crippen LogP contribution in [0.2, 0.25) is 0 Å². The van der Waals surface area contributed by atoms with Gasteiger partial charge in [-0.1, -0.05) is 45.0 Å². The maximum Gasteiger partial charge on any atom is 0.154 e. The van der Waals surface area contributed by atoms with Crippen molar-refractivity contribution in [1.82, 2.24) is 0 Å². The second-order valence-corrected chi connectivity index (χ2v) is 8.49. The lowest BCUT2D eigenvalue weighted by Crippen LogP contribution is -2.20. The average Bonchev–Trinajstić information content (AvgIpc) is 2.25. The summed E-state index contributed by atoms with van der Waals surface area (Å²) in [6, 6.07) is 7.76. The van der Waals surface area contributed by atoms with E-state index in [1.807, 2.05) is 31.2 Å². The molecule has 0 aliphatic rings. The van der Waals surface area contributed by atoms with Gasteiger partial charge in [0.2, 0.25) is 0 Å². The van der Waals surface area contributed by atoms with E-state index in [1.54, 1.807) is 0 Å². The van der Waals surface area contributed by atoms with Crippen LogP contribution in [0.25, 0.3) is 0 Å². The minimum atomic E-state index is -3.06. The molecule has 4 heteroatoms. The second kappa shape index (κ2) is 6.06. The molecule has 0 amide bonds. The van der Waals surface area contributed by atoms with Crippen LogP contribution in [0, 0.1) is 0 Å². The van der Waals surface area contributed by atoms with Gasteiger partial charge in [0.05, 0.1) is 11.5 Å². The Bertz CT molecular complexity index is 496. The smallest absolute Gasteiger partial charge is 0.154 e. The molecular weight excluding hydrogens is 258 g/mol. The normalized spacial score (nSPS) is 14.4. The average molecular weight is 283 g/mol. The molecule has 0 aliphatic heterocycles. The largest absolute Gasteiger partial charge is 0.328 e. The zero-order chi connectivity index (χ0) is 14.7. The third-order valence-electron chi connectivity index (χ3n) is 3.09. The van der Waals surface area contributed by atoms with Crippen LogP contribution >= 0.6 is 0 Å². The van der Waals surface area contributed by atoms with E-state index in [1.165, 1.54) is 5.56 Å². The number of benzene rings is 1. The third kappa shape index (κ3) is 5.74. The third-order valence-corrected chi connectivity index (χ3v) is 4.72. The molecule has 1 rings (SSSR count). The lowest BCUT2D eigenvalue weighted by Gasteiger charge is -2.19. The fourth-order valence-electron chi connectivity index (χ4n) is 1.79. The molecule has 0 bridgehead atoms. The van der Waals surface area contributed by atoms with Crippen molar-refractivity contribution in [2.75, 3.05) is 5.75 Å². The van der Waals surface area contributed by atoms with Crippen molar-refractivity contribution in [3.8, 4) is 0 Å². The van der Waals surface area contributed by atoms with Crippen LogP contribution in [-0.4, -0.2) is 20.2 Å². The van der Waals surface area contributed by atoms with E-state index >= 15 is 0 Å². The standard InChI is InChI=1S/C15H25NO2S/c1-12(16)9-10-19(17,18)11-13-5-7-14(8-6-13)15(2,3)4/h5-8,12H,9-11,16H2,1-4H3. The maximum absolute atomic E-state index is 11.9. The van der Waals surface area contributed by atoms with Crippen molar-refractivity contribution in [1.29, 1.82) is 0 Å². The summed E-state index contributed by atoms with van der Waals surface area (Å²) >= 11 is 0. The zero-order valence-electron chi connectivity index (χ0n) is 12.3. The molecule has 0 fully saturated rings. The SMILES string of the molecule is CC(N)CCS(=O)(=O)Cc1ccc(C(C)(C)C)cc1. The van der Waals surface area contributed by atoms with Gasteiger partial charge in [0.1, 0.15) is 0 Å². The van der Waals surface area contributed by atoms with Gasteiger partial charge in [0, 0.05) is 6.04 Å². The Labute approximate surface area is 117 Å². The van der Waals surface area contributed by atoms with Gasteiger partial charge in [0.15, 0.2) is 9.84 Å². The van der Waals surface area contributed by atoms with Crippen molar-refractivity contribution >= 4 is 9.84 Å². The quantitative estimate of drug-likeness (QED) is 0.903. The van der Waals surface area contributed by atoms with Crippen molar-refractivity contribution < 1.29 is 8.42 Å². The zero-order valence-corrected chi connectivity index (χ0v) is 13.1. The summed E-state index contributed by atoms with van der Waals surface area (Å²) in [5.41, 5.74) is 7.74. The fraction of sp³-hybridized carbons (Fsp3) is 0.600. The van der Waals surface area contributed by atoms with Crippen LogP contribution in [0.1, 0.15) is 45.2 Å². The molecule has 0 saturated carbocycles. The Hall–Kier alpha value is -0.870. The maximum atomic E-state index is 11.9. The van der Waals surface area contributed by atoms with Crippen molar-refractivity contribution in [2.24, 2.45) is 5.73 Å². The summed E-state index contributed by atoms with van der Waals surface area (Å²) in [7, 11) is -3.06. The molecule has 0 radical (unpaired) electrons. The summed E-state index contributed by atoms with van der Waals surface area (Å²) < 4.78 is 23.9. The summed E-state index contributed by atoms with van der Waals surface area (Å²) in [5.74, 6) is 0.260. The number of sulfone groups is 1. The van der Waals surface area contributed by atoms with Gasteiger partial charge in [-0.05, 0) is 29.9 Å². The van der Waals surface area contributed by atoms with Crippen LogP contribution in [0.3, 0.4) is 0 Å². The topological polar surface area (TPSA) is 60.2 Å². The Balaban J connectivity index is 2.73. The lowest BCUT2D eigenvalue weighted by molar-refractivity contribution is 0.586. The number of hydrogen-bond donors (Lipinski definition) is 1. The highest BCUT2D eigenvalue weighted by Gasteiger charge is 2.15. The highest BCUT2D eigenvalue weighted by molar-refractivity contribution is 7.90. The summed E-state index contributed by atoms with van der Waals surface area (Å²) in [6.07, 6.45) is 0.516. The van der Waals surface area contributed by atoms with Crippen molar-refractivity contribution in [3.63, 3.8) is 0 Å². The number of hydrogen-bond acceptors (Lipinski definition) is 3. The molecule has 0 aliphatic carbocycles. The van der Waals surface area contributed by atoms with Crippen molar-refractivity contribution in [2.45, 2.75) is 51.3 Å². The Morgan fingerprint density at radius 2 is 1.68 bits per heavy atom. The molecule has 1 aromatic carbocycles. The summed E-state index contributed by atoms with van der Waals surface area (Å²) in [5, 5.41) is 0. The fourth-order valence-corrected chi connectivity index (χ4v) is 3.37. The molecule has 0 aromatic heterocycles. The molecule has 2 N–H and O–H groups in total. The van der Waals surface area contributed by atoms with Gasteiger partial charge < -0.3 is 5.73 Å². The van der Waals surface area contributed by atoms with E-state index in [9.17, 15) is 8.42 Å². The predicted molar refractivity (Wildman–Crippen MR) is 80.9 cm³/mol. The van der Waals surface area contributed by atoms with Crippen LogP contribution in [0.4, 0.5) is 0 Å². The molecule has 0 saturated heterocycles. The lowest BCUT2D eigenvalue weighted by atomic mass is 9.87. The van der Waals surface area contributed by atoms with E-state index in [2.05, 4.69) is 20.8 Å². The van der Waals surface area contributed by atoms with Gasteiger partial charge in [-0.25, -0.2) is 8.42 Å². The van der Waals surface area contributed by atoms with Crippen LogP contribution in [0.5, 0.6) is 0 Å². The Morgan fingerprint density at radius 1 is 1.16 bits per heavy atom. The highest BCUT2D eigenvalue weighted by Crippen LogP contribution is 2.22. The van der Waals surface area contributed by atoms with E-state index in [0.29, 0.717) is 6.42 Å². The second-order valence-electron chi connectivity index (χ2n) is 6.30. The molecule has 3 nitrogen and oxygen atoms in total. The number of nitrogens with two attached hydrogens (primary N) is 1. The van der Waals surface area contributed by atoms with Gasteiger partial charge in [-0.3, -0.25) is 0 Å². The molecule has 1 atom stereocenters. The Morgan fingerprint density at radius 3 is 2.11 bits per heavy atom. The molecule has 19 heavy (non-hydrogen) atoms. The van der Waals surface area contributed by atoms with Gasteiger partial charge in [-0.15, -0.1) is 0 Å². The monoisotopic (exact) mass is 283 g/mol. The van der Waals surface area contributed by atoms with Crippen LogP contribution < -0.4 is 5.73 Å². The molecule has 1 aromatic rings.